The number of hydrogen-bond donors (Lipinski definition) is 3. The van der Waals surface area contributed by atoms with Crippen LogP contribution in [-0.2, 0) is 9.59 Å². The maximum absolute atomic E-state index is 11.6. The van der Waals surface area contributed by atoms with E-state index in [-0.39, 0.29) is 13.1 Å². The number of amides is 4. The van der Waals surface area contributed by atoms with E-state index >= 15 is 0 Å². The molecule has 0 aromatic rings. The van der Waals surface area contributed by atoms with Crippen LogP contribution in [-0.4, -0.2) is 68.5 Å². The van der Waals surface area contributed by atoms with Gasteiger partial charge in [0.25, 0.3) is 0 Å². The van der Waals surface area contributed by atoms with Gasteiger partial charge in [-0.2, -0.15) is 0 Å². The third kappa shape index (κ3) is 5.83. The molecular weight excluding hydrogens is 226 g/mol. The number of carbonyl (C=O) groups is 3. The lowest BCUT2D eigenvalue weighted by Crippen LogP contribution is -2.48. The first-order chi connectivity index (χ1) is 7.90. The number of urea groups is 1. The molecule has 0 unspecified atom stereocenters. The third-order valence-electron chi connectivity index (χ3n) is 1.96. The number of nitrogens with one attached hydrogen (secondary N) is 2. The Kier molecular flexibility index (Phi) is 6.83. The molecule has 0 saturated heterocycles. The van der Waals surface area contributed by atoms with Gasteiger partial charge in [-0.1, -0.05) is 0 Å². The van der Waals surface area contributed by atoms with Gasteiger partial charge in [0.15, 0.2) is 0 Å². The Balaban J connectivity index is 4.11. The van der Waals surface area contributed by atoms with Gasteiger partial charge in [0.1, 0.15) is 0 Å². The van der Waals surface area contributed by atoms with Crippen molar-refractivity contribution in [3.8, 4) is 0 Å². The minimum absolute atomic E-state index is 0.0971. The second-order valence-electron chi connectivity index (χ2n) is 3.51. The first kappa shape index (κ1) is 15.3. The van der Waals surface area contributed by atoms with Crippen molar-refractivity contribution in [2.45, 2.75) is 0 Å². The second kappa shape index (κ2) is 7.58. The molecule has 0 saturated carbocycles. The molecule has 0 spiro atoms. The summed E-state index contributed by atoms with van der Waals surface area (Å²) in [6.45, 7) is 0.129. The zero-order chi connectivity index (χ0) is 13.4. The summed E-state index contributed by atoms with van der Waals surface area (Å²) >= 11 is 0. The molecule has 8 nitrogen and oxygen atoms in total. The predicted molar refractivity (Wildman–Crippen MR) is 61.9 cm³/mol. The highest BCUT2D eigenvalue weighted by atomic mass is 16.2. The Labute approximate surface area is 100 Å². The van der Waals surface area contributed by atoms with Crippen molar-refractivity contribution in [2.24, 2.45) is 5.73 Å². The summed E-state index contributed by atoms with van der Waals surface area (Å²) < 4.78 is 0. The van der Waals surface area contributed by atoms with E-state index in [1.807, 2.05) is 0 Å². The summed E-state index contributed by atoms with van der Waals surface area (Å²) in [5, 5.41) is 5.33. The van der Waals surface area contributed by atoms with Gasteiger partial charge >= 0.3 is 6.03 Å². The number of rotatable bonds is 6. The van der Waals surface area contributed by atoms with Crippen molar-refractivity contribution in [1.29, 1.82) is 0 Å². The standard InChI is InChI=1S/C9H19N5O3/c1-11-6-13(2)9(17)14(3)8(16)5-12-4-7(10)15/h11-12H,4-6H2,1-3H3,(H2,10,15). The summed E-state index contributed by atoms with van der Waals surface area (Å²) in [4.78, 5) is 35.9. The number of nitrogens with two attached hydrogens (primary N) is 1. The summed E-state index contributed by atoms with van der Waals surface area (Å²) in [7, 11) is 4.64. The second-order valence-corrected chi connectivity index (χ2v) is 3.51. The Morgan fingerprint density at radius 1 is 1.18 bits per heavy atom. The van der Waals surface area contributed by atoms with E-state index in [9.17, 15) is 14.4 Å². The van der Waals surface area contributed by atoms with E-state index in [1.165, 1.54) is 11.9 Å². The molecular formula is C9H19N5O3. The lowest BCUT2D eigenvalue weighted by molar-refractivity contribution is -0.126. The maximum atomic E-state index is 11.6. The number of hydrogen-bond acceptors (Lipinski definition) is 5. The zero-order valence-corrected chi connectivity index (χ0v) is 10.3. The Morgan fingerprint density at radius 2 is 1.76 bits per heavy atom. The molecule has 98 valence electrons. The summed E-state index contributed by atoms with van der Waals surface area (Å²) in [5.41, 5.74) is 4.89. The van der Waals surface area contributed by atoms with Crippen LogP contribution in [0.2, 0.25) is 0 Å². The van der Waals surface area contributed by atoms with E-state index in [2.05, 4.69) is 10.6 Å². The lowest BCUT2D eigenvalue weighted by Gasteiger charge is -2.23. The van der Waals surface area contributed by atoms with Gasteiger partial charge in [0, 0.05) is 14.1 Å². The molecule has 4 N–H and O–H groups in total. The molecule has 0 rings (SSSR count). The van der Waals surface area contributed by atoms with Crippen LogP contribution in [0.15, 0.2) is 0 Å². The number of nitrogens with zero attached hydrogens (tertiary/aromatic N) is 2. The van der Waals surface area contributed by atoms with Gasteiger partial charge in [-0.25, -0.2) is 4.79 Å². The normalized spacial score (nSPS) is 9.82. The van der Waals surface area contributed by atoms with Crippen molar-refractivity contribution in [3.05, 3.63) is 0 Å². The molecule has 0 atom stereocenters. The predicted octanol–water partition coefficient (Wildman–Crippen LogP) is -2.25. The average Bonchev–Trinajstić information content (AvgIpc) is 2.26. The molecule has 0 aliphatic rings. The van der Waals surface area contributed by atoms with Gasteiger partial charge in [0.2, 0.25) is 11.8 Å². The van der Waals surface area contributed by atoms with E-state index in [1.54, 1.807) is 14.1 Å². The largest absolute Gasteiger partial charge is 0.369 e. The fourth-order valence-electron chi connectivity index (χ4n) is 1.08. The van der Waals surface area contributed by atoms with E-state index < -0.39 is 17.8 Å². The van der Waals surface area contributed by atoms with Crippen molar-refractivity contribution < 1.29 is 14.4 Å². The van der Waals surface area contributed by atoms with Gasteiger partial charge in [-0.3, -0.25) is 19.8 Å². The van der Waals surface area contributed by atoms with E-state index in [0.29, 0.717) is 6.67 Å². The van der Waals surface area contributed by atoms with Crippen LogP contribution in [0.25, 0.3) is 0 Å². The van der Waals surface area contributed by atoms with E-state index in [4.69, 9.17) is 5.73 Å². The smallest absolute Gasteiger partial charge is 0.327 e. The monoisotopic (exact) mass is 245 g/mol. The van der Waals surface area contributed by atoms with Gasteiger partial charge in [-0.15, -0.1) is 0 Å². The Morgan fingerprint density at radius 3 is 2.24 bits per heavy atom. The lowest BCUT2D eigenvalue weighted by atomic mass is 10.5. The average molecular weight is 245 g/mol. The van der Waals surface area contributed by atoms with Crippen LogP contribution in [0.1, 0.15) is 0 Å². The SMILES string of the molecule is CNCN(C)C(=O)N(C)C(=O)CNCC(N)=O. The molecule has 4 amide bonds. The minimum atomic E-state index is -0.556. The van der Waals surface area contributed by atoms with Gasteiger partial charge in [-0.05, 0) is 7.05 Å². The highest BCUT2D eigenvalue weighted by molar-refractivity contribution is 5.95. The molecule has 0 heterocycles. The van der Waals surface area contributed by atoms with Crippen molar-refractivity contribution in [2.75, 3.05) is 40.9 Å². The molecule has 0 aromatic carbocycles. The molecule has 0 bridgehead atoms. The Hall–Kier alpha value is -1.67. The maximum Gasteiger partial charge on any atom is 0.327 e. The van der Waals surface area contributed by atoms with Gasteiger partial charge in [0.05, 0.1) is 19.8 Å². The summed E-state index contributed by atoms with van der Waals surface area (Å²) in [5.74, 6) is -0.988. The fraction of sp³-hybridized carbons (Fsp3) is 0.667. The first-order valence-corrected chi connectivity index (χ1v) is 5.05. The zero-order valence-electron chi connectivity index (χ0n) is 10.3. The highest BCUT2D eigenvalue weighted by Gasteiger charge is 2.19. The quantitative estimate of drug-likeness (QED) is 0.458. The van der Waals surface area contributed by atoms with Crippen molar-refractivity contribution in [3.63, 3.8) is 0 Å². The fourth-order valence-corrected chi connectivity index (χ4v) is 1.08. The Bertz CT molecular complexity index is 294. The molecule has 0 radical (unpaired) electrons. The number of carbonyl (C=O) groups excluding carboxylic acids is 3. The molecule has 0 aliphatic carbocycles. The van der Waals surface area contributed by atoms with Crippen LogP contribution < -0.4 is 16.4 Å². The molecule has 0 aliphatic heterocycles. The van der Waals surface area contributed by atoms with Crippen molar-refractivity contribution in [1.82, 2.24) is 20.4 Å². The van der Waals surface area contributed by atoms with Crippen LogP contribution in [0.4, 0.5) is 4.79 Å². The van der Waals surface area contributed by atoms with Gasteiger partial charge < -0.3 is 16.0 Å². The van der Waals surface area contributed by atoms with E-state index in [0.717, 1.165) is 4.90 Å². The molecule has 0 aromatic heterocycles. The minimum Gasteiger partial charge on any atom is -0.369 e. The topological polar surface area (TPSA) is 108 Å². The summed E-state index contributed by atoms with van der Waals surface area (Å²) in [6.07, 6.45) is 0. The first-order valence-electron chi connectivity index (χ1n) is 5.05. The number of likely N-dealkylation sites (N-methyl/N-ethyl adjacent to an activating group) is 1. The third-order valence-corrected chi connectivity index (χ3v) is 1.96. The molecule has 17 heavy (non-hydrogen) atoms. The van der Waals surface area contributed by atoms with Crippen LogP contribution in [0.5, 0.6) is 0 Å². The number of imide groups is 1. The van der Waals surface area contributed by atoms with Crippen LogP contribution in [0.3, 0.4) is 0 Å². The summed E-state index contributed by atoms with van der Waals surface area (Å²) in [6, 6.07) is -0.426. The van der Waals surface area contributed by atoms with Crippen LogP contribution >= 0.6 is 0 Å². The highest BCUT2D eigenvalue weighted by Crippen LogP contribution is 1.93. The van der Waals surface area contributed by atoms with Crippen LogP contribution in [0, 0.1) is 0 Å². The number of primary amides is 1. The molecule has 8 heteroatoms. The molecule has 0 fully saturated rings. The van der Waals surface area contributed by atoms with Crippen molar-refractivity contribution >= 4 is 17.8 Å².